The largest absolute Gasteiger partial charge is 0.355 e. The zero-order valence-corrected chi connectivity index (χ0v) is 58.5. The topological polar surface area (TPSA) is 29.5 Å². The summed E-state index contributed by atoms with van der Waals surface area (Å²) in [5, 5.41) is 15.0. The number of hydrogen-bond donors (Lipinski definition) is 1. The molecule has 0 saturated carbocycles. The van der Waals surface area contributed by atoms with E-state index in [0.29, 0.717) is 5.69 Å². The fourth-order valence-electron chi connectivity index (χ4n) is 17.1. The minimum absolute atomic E-state index is 0.0200. The fraction of sp³-hybridized carbons (Fsp3) is 0.125. The van der Waals surface area contributed by atoms with Gasteiger partial charge in [0, 0.05) is 88.3 Å². The maximum Gasteiger partial charge on any atom is 0.252 e. The summed E-state index contributed by atoms with van der Waals surface area (Å²) in [4.78, 5) is 2.42. The maximum absolute atomic E-state index is 9.80. The number of para-hydroxylation sites is 4. The number of rotatable bonds is 6. The Labute approximate surface area is 606 Å². The molecule has 14 aromatic carbocycles. The van der Waals surface area contributed by atoms with Crippen molar-refractivity contribution in [3.63, 3.8) is 0 Å². The van der Waals surface area contributed by atoms with Gasteiger partial charge in [-0.25, -0.2) is 0 Å². The molecule has 2 aliphatic heterocycles. The van der Waals surface area contributed by atoms with Crippen molar-refractivity contribution in [2.24, 2.45) is 0 Å². The highest BCUT2D eigenvalue weighted by Gasteiger charge is 2.45. The number of nitrogens with one attached hydrogen (secondary N) is 1. The third-order valence-corrected chi connectivity index (χ3v) is 22.1. The number of aromatic nitrogens is 3. The molecule has 5 nitrogen and oxygen atoms in total. The molecule has 0 saturated heterocycles. The third kappa shape index (κ3) is 8.91. The maximum atomic E-state index is 9.80. The van der Waals surface area contributed by atoms with Crippen LogP contribution in [0.15, 0.2) is 291 Å². The van der Waals surface area contributed by atoms with Crippen LogP contribution in [0.1, 0.15) is 90.0 Å². The molecule has 0 radical (unpaired) electrons. The Morgan fingerprint density at radius 1 is 0.343 bits per heavy atom. The lowest BCUT2D eigenvalue weighted by Crippen LogP contribution is -2.60. The highest BCUT2D eigenvalue weighted by Crippen LogP contribution is 2.51. The zero-order valence-electron chi connectivity index (χ0n) is 66.5. The molecule has 102 heavy (non-hydrogen) atoms. The summed E-state index contributed by atoms with van der Waals surface area (Å²) in [6, 6.07) is 85.4. The van der Waals surface area contributed by atoms with Gasteiger partial charge in [0.1, 0.15) is 0 Å². The SMILES string of the molecule is [2H]c1c([2H])c([2H])c2c(c1[2H])c1c([2H])c([2H])c([2H])c([2H])c1n2-c1ccc2c(c1)N(c1ccc(-c3ccccc3)cc1)c1c3c(cc4c1c1cccc5c6ccccc6c6ccccc6c6ccccc6n4c51)-n1c4ccc(Nc5ccc(C(C)(C)C)cc5-c5cccc(C(C)(C)C)c5)cc4c4cc(C(C)(C)C)cc(c41)B23. The van der Waals surface area contributed by atoms with Crippen molar-refractivity contribution >= 4 is 155 Å². The van der Waals surface area contributed by atoms with Crippen molar-refractivity contribution in [2.45, 2.75) is 78.6 Å². The third-order valence-electron chi connectivity index (χ3n) is 22.1. The van der Waals surface area contributed by atoms with Gasteiger partial charge in [-0.1, -0.05) is 268 Å². The van der Waals surface area contributed by atoms with Gasteiger partial charge in [0.25, 0.3) is 6.71 Å². The van der Waals surface area contributed by atoms with Crippen molar-refractivity contribution < 1.29 is 11.0 Å². The summed E-state index contributed by atoms with van der Waals surface area (Å²) in [5.41, 5.74) is 22.0. The second-order valence-corrected chi connectivity index (χ2v) is 31.1. The fourth-order valence-corrected chi connectivity index (χ4v) is 17.1. The summed E-state index contributed by atoms with van der Waals surface area (Å²) >= 11 is 0. The normalized spacial score (nSPS) is 14.2. The molecule has 20 rings (SSSR count). The predicted octanol–water partition coefficient (Wildman–Crippen LogP) is 24.0. The molecule has 0 bridgehead atoms. The number of fused-ring (bicyclic) bond motifs is 21. The summed E-state index contributed by atoms with van der Waals surface area (Å²) in [5.74, 6) is 0. The Hall–Kier alpha value is -11.9. The van der Waals surface area contributed by atoms with Gasteiger partial charge in [0.2, 0.25) is 0 Å². The van der Waals surface area contributed by atoms with Gasteiger partial charge in [0.15, 0.2) is 0 Å². The van der Waals surface area contributed by atoms with Crippen LogP contribution in [-0.2, 0) is 16.2 Å². The number of anilines is 5. The van der Waals surface area contributed by atoms with E-state index in [2.05, 4.69) is 312 Å². The van der Waals surface area contributed by atoms with Crippen LogP contribution in [0.3, 0.4) is 0 Å². The molecular formula is C96H76BN5. The van der Waals surface area contributed by atoms with E-state index >= 15 is 0 Å². The molecule has 1 N–H and O–H groups in total. The molecule has 0 spiro atoms. The summed E-state index contributed by atoms with van der Waals surface area (Å²) in [7, 11) is 0. The van der Waals surface area contributed by atoms with Crippen LogP contribution < -0.4 is 26.6 Å². The van der Waals surface area contributed by atoms with Crippen molar-refractivity contribution in [3.05, 3.63) is 308 Å². The van der Waals surface area contributed by atoms with Gasteiger partial charge in [-0.2, -0.15) is 0 Å². The Morgan fingerprint density at radius 3 is 1.64 bits per heavy atom. The van der Waals surface area contributed by atoms with Crippen LogP contribution in [0.4, 0.5) is 28.4 Å². The van der Waals surface area contributed by atoms with E-state index in [1.165, 1.54) is 16.7 Å². The van der Waals surface area contributed by atoms with E-state index in [9.17, 15) is 8.22 Å². The second-order valence-electron chi connectivity index (χ2n) is 31.1. The van der Waals surface area contributed by atoms with Gasteiger partial charge >= 0.3 is 0 Å². The van der Waals surface area contributed by atoms with E-state index in [0.717, 1.165) is 154 Å². The van der Waals surface area contributed by atoms with Gasteiger partial charge in [0.05, 0.1) is 49.8 Å². The molecule has 488 valence electrons. The smallest absolute Gasteiger partial charge is 0.252 e. The van der Waals surface area contributed by atoms with Crippen LogP contribution in [0.2, 0.25) is 0 Å². The van der Waals surface area contributed by atoms with Crippen LogP contribution in [0, 0.1) is 0 Å². The highest BCUT2D eigenvalue weighted by atomic mass is 15.2. The first-order valence-electron chi connectivity index (χ1n) is 39.5. The van der Waals surface area contributed by atoms with E-state index in [4.69, 9.17) is 2.74 Å². The zero-order chi connectivity index (χ0) is 75.8. The molecule has 6 heterocycles. The number of benzene rings is 14. The molecular weight excluding hydrogens is 1230 g/mol. The molecule has 0 fully saturated rings. The lowest BCUT2D eigenvalue weighted by molar-refractivity contribution is 0.589. The molecule has 0 amide bonds. The van der Waals surface area contributed by atoms with E-state index in [1.54, 1.807) is 4.57 Å². The van der Waals surface area contributed by atoms with E-state index in [1.807, 2.05) is 12.1 Å². The van der Waals surface area contributed by atoms with Gasteiger partial charge < -0.3 is 23.8 Å². The lowest BCUT2D eigenvalue weighted by atomic mass is 9.33. The van der Waals surface area contributed by atoms with Crippen molar-refractivity contribution in [3.8, 4) is 33.6 Å². The quantitative estimate of drug-likeness (QED) is 0.168. The summed E-state index contributed by atoms with van der Waals surface area (Å²) in [6.45, 7) is 20.1. The van der Waals surface area contributed by atoms with Crippen molar-refractivity contribution in [2.75, 3.05) is 10.2 Å². The highest BCUT2D eigenvalue weighted by molar-refractivity contribution is 7.00. The molecule has 18 aromatic rings. The summed E-state index contributed by atoms with van der Waals surface area (Å²) < 4.78 is 82.0. The first-order chi connectivity index (χ1) is 52.8. The predicted molar refractivity (Wildman–Crippen MR) is 438 cm³/mol. The minimum Gasteiger partial charge on any atom is -0.355 e. The average molecular weight is 1320 g/mol. The monoisotopic (exact) mass is 1320 g/mol. The molecule has 0 aliphatic carbocycles. The standard InChI is InChI=1S/C96H76BN5/c1-94(2,3)61-28-23-27-60(51-61)76-52-62(95(4,5)6)43-49-81(76)98-64-44-50-85-77(55-64)78-53-63(96(7,8)9)54-80-92(78)102(85)88-57-87-89(75-37-24-36-74-70-32-16-14-30-68(70)67-29-13-15-31-69(67)71-33-17-22-40-84(71)101(87)91(74)75)93-90(88)97(80)79-48-47-66(99-82-38-20-18-34-72(82)73-35-19-21-39-83(73)99)56-86(79)100(93)65-45-41-59(42-46-65)58-25-11-10-12-26-58/h10-57,98H,1-9H3/i18D,19D,20D,21D,34D,35D,38D,39D. The molecule has 0 unspecified atom stereocenters. The van der Waals surface area contributed by atoms with Gasteiger partial charge in [-0.3, -0.25) is 0 Å². The molecule has 2 aliphatic rings. The lowest BCUT2D eigenvalue weighted by Gasteiger charge is -2.41. The van der Waals surface area contributed by atoms with Crippen LogP contribution >= 0.6 is 0 Å². The second kappa shape index (κ2) is 21.8. The van der Waals surface area contributed by atoms with Crippen molar-refractivity contribution in [1.29, 1.82) is 0 Å². The summed E-state index contributed by atoms with van der Waals surface area (Å²) in [6.07, 6.45) is 0. The van der Waals surface area contributed by atoms with Crippen LogP contribution in [0.5, 0.6) is 0 Å². The Balaban J connectivity index is 0.966. The van der Waals surface area contributed by atoms with Crippen LogP contribution in [0.25, 0.3) is 137 Å². The molecule has 4 aromatic heterocycles. The van der Waals surface area contributed by atoms with E-state index in [-0.39, 0.29) is 62.2 Å². The van der Waals surface area contributed by atoms with Crippen LogP contribution in [-0.4, -0.2) is 20.2 Å². The molecule has 6 heteroatoms. The van der Waals surface area contributed by atoms with Gasteiger partial charge in [-0.05, 0) is 172 Å². The average Bonchev–Trinajstić information content (AvgIpc) is 1.41. The minimum atomic E-state index is -0.492. The molecule has 0 atom stereocenters. The number of nitrogens with zero attached hydrogens (tertiary/aromatic N) is 4. The first kappa shape index (κ1) is 52.2. The van der Waals surface area contributed by atoms with E-state index < -0.39 is 30.9 Å². The number of hydrogen-bond acceptors (Lipinski definition) is 2. The Kier molecular flexibility index (Phi) is 11.2. The van der Waals surface area contributed by atoms with Crippen molar-refractivity contribution in [1.82, 2.24) is 13.5 Å². The Morgan fingerprint density at radius 2 is 0.931 bits per heavy atom. The first-order valence-corrected chi connectivity index (χ1v) is 35.5. The van der Waals surface area contributed by atoms with Gasteiger partial charge in [-0.15, -0.1) is 0 Å². The Bertz CT molecular complexity index is 7100.